The minimum Gasteiger partial charge on any atom is -0.358 e. The lowest BCUT2D eigenvalue weighted by atomic mass is 10.2. The Bertz CT molecular complexity index is 1520. The number of hydrogen-bond donors (Lipinski definition) is 1. The summed E-state index contributed by atoms with van der Waals surface area (Å²) >= 11 is 7.89. The molecule has 1 N–H and O–H groups in total. The second-order valence-corrected chi connectivity index (χ2v) is 10.2. The van der Waals surface area contributed by atoms with Crippen LogP contribution in [0.4, 0.5) is 5.00 Å². The molecule has 5 heterocycles. The molecule has 1 atom stereocenters. The number of aromatic amines is 1. The van der Waals surface area contributed by atoms with E-state index in [1.807, 2.05) is 58.4 Å². The molecule has 0 radical (unpaired) electrons. The van der Waals surface area contributed by atoms with Crippen molar-refractivity contribution in [1.29, 1.82) is 0 Å². The number of thiazole rings is 1. The van der Waals surface area contributed by atoms with E-state index in [9.17, 15) is 4.79 Å². The zero-order chi connectivity index (χ0) is 24.1. The SMILES string of the molecule is Cc1cc2[nH]c(-c3ncsc3N3CCN(C(=O)Cn4ccc5cccnc54)[C@H](C)C3)nc2cc1Cl. The molecule has 5 aromatic rings. The van der Waals surface area contributed by atoms with Crippen molar-refractivity contribution in [3.8, 4) is 11.5 Å². The quantitative estimate of drug-likeness (QED) is 0.381. The summed E-state index contributed by atoms with van der Waals surface area (Å²) in [6.45, 7) is 6.49. The highest BCUT2D eigenvalue weighted by molar-refractivity contribution is 7.14. The topological polar surface area (TPSA) is 82.9 Å². The molecule has 1 aliphatic heterocycles. The number of halogens is 1. The minimum atomic E-state index is 0.0677. The smallest absolute Gasteiger partial charge is 0.242 e. The van der Waals surface area contributed by atoms with Crippen LogP contribution in [-0.4, -0.2) is 61.0 Å². The van der Waals surface area contributed by atoms with Crippen molar-refractivity contribution in [3.63, 3.8) is 0 Å². The van der Waals surface area contributed by atoms with E-state index in [0.717, 1.165) is 57.2 Å². The van der Waals surface area contributed by atoms with E-state index in [1.165, 1.54) is 0 Å². The molecule has 1 aromatic carbocycles. The van der Waals surface area contributed by atoms with Crippen LogP contribution in [0.5, 0.6) is 0 Å². The number of carbonyl (C=O) groups excluding carboxylic acids is 1. The number of amides is 1. The number of pyridine rings is 1. The van der Waals surface area contributed by atoms with E-state index in [-0.39, 0.29) is 18.5 Å². The van der Waals surface area contributed by atoms with Gasteiger partial charge < -0.3 is 19.4 Å². The molecular weight excluding hydrogens is 482 g/mol. The number of anilines is 1. The van der Waals surface area contributed by atoms with Crippen LogP contribution < -0.4 is 4.90 Å². The van der Waals surface area contributed by atoms with E-state index in [1.54, 1.807) is 17.5 Å². The van der Waals surface area contributed by atoms with Crippen LogP contribution in [0.15, 0.2) is 48.2 Å². The van der Waals surface area contributed by atoms with Gasteiger partial charge in [-0.1, -0.05) is 11.6 Å². The molecule has 1 amide bonds. The van der Waals surface area contributed by atoms with Crippen molar-refractivity contribution in [2.24, 2.45) is 0 Å². The number of H-pyrrole nitrogens is 1. The predicted molar refractivity (Wildman–Crippen MR) is 140 cm³/mol. The van der Waals surface area contributed by atoms with Crippen LogP contribution in [-0.2, 0) is 11.3 Å². The number of nitrogens with zero attached hydrogens (tertiary/aromatic N) is 6. The largest absolute Gasteiger partial charge is 0.358 e. The van der Waals surface area contributed by atoms with Crippen molar-refractivity contribution in [2.45, 2.75) is 26.4 Å². The number of imidazole rings is 1. The van der Waals surface area contributed by atoms with Gasteiger partial charge in [0.1, 0.15) is 22.9 Å². The van der Waals surface area contributed by atoms with Gasteiger partial charge in [-0.15, -0.1) is 11.3 Å². The van der Waals surface area contributed by atoms with Gasteiger partial charge in [0, 0.05) is 48.5 Å². The van der Waals surface area contributed by atoms with Gasteiger partial charge in [0.05, 0.1) is 16.5 Å². The Hall–Kier alpha value is -3.43. The number of nitrogens with one attached hydrogen (secondary N) is 1. The molecule has 1 fully saturated rings. The van der Waals surface area contributed by atoms with Crippen molar-refractivity contribution in [1.82, 2.24) is 29.4 Å². The first kappa shape index (κ1) is 22.1. The van der Waals surface area contributed by atoms with E-state index in [2.05, 4.69) is 26.8 Å². The Balaban J connectivity index is 1.19. The Morgan fingerprint density at radius 3 is 3.00 bits per heavy atom. The van der Waals surface area contributed by atoms with E-state index in [4.69, 9.17) is 16.6 Å². The maximum absolute atomic E-state index is 13.2. The lowest BCUT2D eigenvalue weighted by Crippen LogP contribution is -2.54. The summed E-state index contributed by atoms with van der Waals surface area (Å²) in [5.41, 5.74) is 6.29. The highest BCUT2D eigenvalue weighted by Crippen LogP contribution is 2.35. The summed E-state index contributed by atoms with van der Waals surface area (Å²) in [7, 11) is 0. The first-order valence-electron chi connectivity index (χ1n) is 11.5. The lowest BCUT2D eigenvalue weighted by Gasteiger charge is -2.40. The number of rotatable bonds is 4. The lowest BCUT2D eigenvalue weighted by molar-refractivity contribution is -0.134. The summed E-state index contributed by atoms with van der Waals surface area (Å²) in [6.07, 6.45) is 3.69. The second-order valence-electron chi connectivity index (χ2n) is 8.95. The molecule has 4 aromatic heterocycles. The maximum atomic E-state index is 13.2. The summed E-state index contributed by atoms with van der Waals surface area (Å²) < 4.78 is 1.92. The fourth-order valence-electron chi connectivity index (χ4n) is 4.78. The Labute approximate surface area is 211 Å². The highest BCUT2D eigenvalue weighted by Gasteiger charge is 2.30. The van der Waals surface area contributed by atoms with E-state index < -0.39 is 0 Å². The summed E-state index contributed by atoms with van der Waals surface area (Å²) in [6, 6.07) is 9.87. The first-order valence-corrected chi connectivity index (χ1v) is 12.8. The molecule has 35 heavy (non-hydrogen) atoms. The van der Waals surface area contributed by atoms with E-state index in [0.29, 0.717) is 11.6 Å². The normalized spacial score (nSPS) is 16.5. The highest BCUT2D eigenvalue weighted by atomic mass is 35.5. The van der Waals surface area contributed by atoms with Gasteiger partial charge in [-0.3, -0.25) is 4.79 Å². The monoisotopic (exact) mass is 505 g/mol. The van der Waals surface area contributed by atoms with Crippen molar-refractivity contribution in [2.75, 3.05) is 24.5 Å². The van der Waals surface area contributed by atoms with Gasteiger partial charge in [-0.05, 0) is 49.7 Å². The zero-order valence-electron chi connectivity index (χ0n) is 19.4. The molecule has 10 heteroatoms. The Morgan fingerprint density at radius 2 is 2.14 bits per heavy atom. The van der Waals surface area contributed by atoms with Crippen molar-refractivity contribution in [3.05, 3.63) is 58.8 Å². The first-order chi connectivity index (χ1) is 17.0. The molecular formula is C25H24ClN7OS. The third-order valence-electron chi connectivity index (χ3n) is 6.60. The molecule has 0 spiro atoms. The van der Waals surface area contributed by atoms with Gasteiger partial charge in [-0.2, -0.15) is 0 Å². The van der Waals surface area contributed by atoms with Gasteiger partial charge in [0.2, 0.25) is 5.91 Å². The molecule has 1 saturated heterocycles. The molecule has 0 saturated carbocycles. The predicted octanol–water partition coefficient (Wildman–Crippen LogP) is 4.74. The van der Waals surface area contributed by atoms with Gasteiger partial charge in [0.25, 0.3) is 0 Å². The van der Waals surface area contributed by atoms with Gasteiger partial charge in [0.15, 0.2) is 5.82 Å². The van der Waals surface area contributed by atoms with Gasteiger partial charge in [-0.25, -0.2) is 15.0 Å². The van der Waals surface area contributed by atoms with Gasteiger partial charge >= 0.3 is 0 Å². The van der Waals surface area contributed by atoms with Crippen LogP contribution in [0.25, 0.3) is 33.6 Å². The number of aromatic nitrogens is 5. The third kappa shape index (κ3) is 3.94. The fraction of sp³-hybridized carbons (Fsp3) is 0.280. The average Bonchev–Trinajstić information content (AvgIpc) is 3.58. The maximum Gasteiger partial charge on any atom is 0.242 e. The van der Waals surface area contributed by atoms with Crippen LogP contribution in [0.2, 0.25) is 5.02 Å². The van der Waals surface area contributed by atoms with E-state index >= 15 is 0 Å². The molecule has 8 nitrogen and oxygen atoms in total. The van der Waals surface area contributed by atoms with Crippen LogP contribution in [0, 0.1) is 6.92 Å². The summed E-state index contributed by atoms with van der Waals surface area (Å²) in [4.78, 5) is 34.6. The van der Waals surface area contributed by atoms with Crippen molar-refractivity contribution < 1.29 is 4.79 Å². The molecule has 1 aliphatic rings. The zero-order valence-corrected chi connectivity index (χ0v) is 21.0. The number of hydrogen-bond acceptors (Lipinski definition) is 6. The fourth-order valence-corrected chi connectivity index (χ4v) is 5.77. The molecule has 6 rings (SSSR count). The molecule has 178 valence electrons. The van der Waals surface area contributed by atoms with Crippen molar-refractivity contribution >= 4 is 55.9 Å². The molecule has 0 aliphatic carbocycles. The third-order valence-corrected chi connectivity index (χ3v) is 7.89. The molecule has 0 bridgehead atoms. The number of carbonyl (C=O) groups is 1. The average molecular weight is 506 g/mol. The van der Waals surface area contributed by atoms with Crippen LogP contribution in [0.1, 0.15) is 12.5 Å². The number of piperazine rings is 1. The number of aryl methyl sites for hydroxylation is 1. The van der Waals surface area contributed by atoms with Crippen LogP contribution >= 0.6 is 22.9 Å². The summed E-state index contributed by atoms with van der Waals surface area (Å²) in [5.74, 6) is 0.838. The van der Waals surface area contributed by atoms with Crippen LogP contribution in [0.3, 0.4) is 0 Å². The Kier molecular flexibility index (Phi) is 5.46. The molecule has 0 unspecified atom stereocenters. The number of benzene rings is 1. The minimum absolute atomic E-state index is 0.0677. The number of fused-ring (bicyclic) bond motifs is 2. The summed E-state index contributed by atoms with van der Waals surface area (Å²) in [5, 5.41) is 2.80. The second kappa shape index (κ2) is 8.66. The standard InChI is InChI=1S/C25H24ClN7OS/c1-15-10-19-20(11-18(15)26)30-23(29-19)22-25(35-14-28-22)32-8-9-33(16(2)12-32)21(34)13-31-7-5-17-4-3-6-27-24(17)31/h3-7,10-11,14,16H,8-9,12-13H2,1-2H3,(H,29,30)/t16-/m1/s1. The Morgan fingerprint density at radius 1 is 1.26 bits per heavy atom.